The number of aliphatic hydroxyl groups excluding tert-OH is 1. The van der Waals surface area contributed by atoms with Crippen molar-refractivity contribution < 1.29 is 9.84 Å². The minimum Gasteiger partial charge on any atom is -0.393 e. The fraction of sp³-hybridized carbons (Fsp3) is 0.842. The monoisotopic (exact) mass is 335 g/mol. The summed E-state index contributed by atoms with van der Waals surface area (Å²) in [6, 6.07) is 0. The topological polar surface area (TPSA) is 50.5 Å². The molecule has 0 bridgehead atoms. The van der Waals surface area contributed by atoms with Gasteiger partial charge in [-0.1, -0.05) is 20.8 Å². The molecule has 2 atom stereocenters. The minimum atomic E-state index is -0.220. The van der Waals surface area contributed by atoms with Crippen LogP contribution in [0.5, 0.6) is 0 Å². The van der Waals surface area contributed by atoms with Gasteiger partial charge in [0.2, 0.25) is 0 Å². The number of likely N-dealkylation sites (tertiary alicyclic amines) is 1. The lowest BCUT2D eigenvalue weighted by molar-refractivity contribution is -0.207. The molecule has 5 heteroatoms. The molecule has 0 saturated carbocycles. The zero-order chi connectivity index (χ0) is 17.4. The number of piperidine rings is 1. The quantitative estimate of drug-likeness (QED) is 0.921. The van der Waals surface area contributed by atoms with Crippen LogP contribution in [-0.4, -0.2) is 57.0 Å². The summed E-state index contributed by atoms with van der Waals surface area (Å²) >= 11 is 0. The molecule has 24 heavy (non-hydrogen) atoms. The van der Waals surface area contributed by atoms with Gasteiger partial charge in [0.15, 0.2) is 0 Å². The molecule has 3 heterocycles. The molecule has 1 N–H and O–H groups in total. The van der Waals surface area contributed by atoms with E-state index >= 15 is 0 Å². The van der Waals surface area contributed by atoms with Crippen LogP contribution in [0.3, 0.4) is 0 Å². The van der Waals surface area contributed by atoms with Crippen LogP contribution >= 0.6 is 0 Å². The van der Waals surface area contributed by atoms with Gasteiger partial charge in [0.05, 0.1) is 17.8 Å². The van der Waals surface area contributed by atoms with E-state index in [1.54, 1.807) is 0 Å². The Balaban J connectivity index is 1.54. The third kappa shape index (κ3) is 4.01. The van der Waals surface area contributed by atoms with E-state index in [9.17, 15) is 5.11 Å². The van der Waals surface area contributed by atoms with Gasteiger partial charge < -0.3 is 19.3 Å². The third-order valence-electron chi connectivity index (χ3n) is 5.79. The van der Waals surface area contributed by atoms with Crippen LogP contribution in [-0.2, 0) is 18.2 Å². The number of imidazole rings is 1. The van der Waals surface area contributed by atoms with Gasteiger partial charge in [0.1, 0.15) is 5.82 Å². The molecule has 3 rings (SSSR count). The predicted molar refractivity (Wildman–Crippen MR) is 94.9 cm³/mol. The lowest BCUT2D eigenvalue weighted by atomic mass is 9.76. The van der Waals surface area contributed by atoms with Crippen LogP contribution in [0.2, 0.25) is 0 Å². The maximum atomic E-state index is 10.4. The molecule has 2 saturated heterocycles. The standard InChI is InChI=1S/C19H33N3O2/c1-18(2,3)16-13-15(23)14-19(24-16)6-10-22(11-7-19)9-5-17-20-8-12-21(17)4/h8,12,15-16,23H,5-7,9-11,13-14H2,1-4H3/t15-,16-/m1/s1. The highest BCUT2D eigenvalue weighted by molar-refractivity contribution is 4.97. The second-order valence-corrected chi connectivity index (χ2v) is 8.80. The van der Waals surface area contributed by atoms with Gasteiger partial charge in [-0.3, -0.25) is 0 Å². The second kappa shape index (κ2) is 6.77. The SMILES string of the molecule is Cn1ccnc1CCN1CCC2(CC1)C[C@H](O)C[C@H](C(C)(C)C)O2. The Labute approximate surface area is 146 Å². The van der Waals surface area contributed by atoms with Crippen molar-refractivity contribution in [3.05, 3.63) is 18.2 Å². The van der Waals surface area contributed by atoms with Crippen LogP contribution in [0.25, 0.3) is 0 Å². The molecule has 5 nitrogen and oxygen atoms in total. The molecule has 0 unspecified atom stereocenters. The Morgan fingerprint density at radius 2 is 2.04 bits per heavy atom. The summed E-state index contributed by atoms with van der Waals surface area (Å²) in [6.45, 7) is 9.79. The average Bonchev–Trinajstić information content (AvgIpc) is 2.90. The zero-order valence-corrected chi connectivity index (χ0v) is 15.7. The van der Waals surface area contributed by atoms with Crippen LogP contribution in [0.15, 0.2) is 12.4 Å². The van der Waals surface area contributed by atoms with E-state index in [0.717, 1.165) is 57.6 Å². The molecule has 0 radical (unpaired) electrons. The van der Waals surface area contributed by atoms with Crippen LogP contribution in [0.1, 0.15) is 52.3 Å². The fourth-order valence-corrected chi connectivity index (χ4v) is 4.09. The Morgan fingerprint density at radius 3 is 2.62 bits per heavy atom. The van der Waals surface area contributed by atoms with Gasteiger partial charge in [0.25, 0.3) is 0 Å². The Kier molecular flexibility index (Phi) is 5.05. The van der Waals surface area contributed by atoms with Crippen molar-refractivity contribution in [1.29, 1.82) is 0 Å². The maximum absolute atomic E-state index is 10.4. The van der Waals surface area contributed by atoms with Gasteiger partial charge in [0, 0.05) is 58.3 Å². The van der Waals surface area contributed by atoms with Gasteiger partial charge in [-0.25, -0.2) is 4.98 Å². The molecule has 2 aliphatic rings. The molecular weight excluding hydrogens is 302 g/mol. The summed E-state index contributed by atoms with van der Waals surface area (Å²) < 4.78 is 8.66. The van der Waals surface area contributed by atoms with Crippen molar-refractivity contribution in [2.24, 2.45) is 12.5 Å². The Hall–Kier alpha value is -0.910. The van der Waals surface area contributed by atoms with E-state index in [-0.39, 0.29) is 23.2 Å². The van der Waals surface area contributed by atoms with Gasteiger partial charge in [-0.2, -0.15) is 0 Å². The highest BCUT2D eigenvalue weighted by Crippen LogP contribution is 2.42. The van der Waals surface area contributed by atoms with Crippen LogP contribution < -0.4 is 0 Å². The molecule has 2 aliphatic heterocycles. The first-order valence-corrected chi connectivity index (χ1v) is 9.32. The van der Waals surface area contributed by atoms with E-state index in [2.05, 4.69) is 42.3 Å². The van der Waals surface area contributed by atoms with Gasteiger partial charge in [-0.05, 0) is 18.3 Å². The highest BCUT2D eigenvalue weighted by atomic mass is 16.5. The molecule has 0 aliphatic carbocycles. The summed E-state index contributed by atoms with van der Waals surface area (Å²) in [5.41, 5.74) is -0.0287. The first kappa shape index (κ1) is 17.9. The number of aryl methyl sites for hydroxylation is 1. The summed E-state index contributed by atoms with van der Waals surface area (Å²) in [4.78, 5) is 6.92. The fourth-order valence-electron chi connectivity index (χ4n) is 4.09. The summed E-state index contributed by atoms with van der Waals surface area (Å²) in [5, 5.41) is 10.4. The number of rotatable bonds is 3. The second-order valence-electron chi connectivity index (χ2n) is 8.80. The molecule has 2 fully saturated rings. The maximum Gasteiger partial charge on any atom is 0.109 e. The first-order valence-electron chi connectivity index (χ1n) is 9.32. The lowest BCUT2D eigenvalue weighted by Gasteiger charge is -2.50. The van der Waals surface area contributed by atoms with Crippen LogP contribution in [0.4, 0.5) is 0 Å². The summed E-state index contributed by atoms with van der Waals surface area (Å²) in [6.07, 6.45) is 8.41. The number of nitrogens with zero attached hydrogens (tertiary/aromatic N) is 3. The lowest BCUT2D eigenvalue weighted by Crippen LogP contribution is -2.55. The average molecular weight is 335 g/mol. The molecule has 0 aromatic carbocycles. The number of aliphatic hydroxyl groups is 1. The number of hydrogen-bond donors (Lipinski definition) is 1. The number of ether oxygens (including phenoxy) is 1. The van der Waals surface area contributed by atoms with Crippen molar-refractivity contribution in [3.63, 3.8) is 0 Å². The molecule has 1 aromatic rings. The molecule has 1 spiro atoms. The molecular formula is C19H33N3O2. The van der Waals surface area contributed by atoms with E-state index in [4.69, 9.17) is 4.74 Å². The minimum absolute atomic E-state index is 0.0870. The Morgan fingerprint density at radius 1 is 1.33 bits per heavy atom. The van der Waals surface area contributed by atoms with E-state index < -0.39 is 0 Å². The van der Waals surface area contributed by atoms with E-state index in [1.807, 2.05) is 12.4 Å². The number of aromatic nitrogens is 2. The van der Waals surface area contributed by atoms with Crippen molar-refractivity contribution >= 4 is 0 Å². The summed E-state index contributed by atoms with van der Waals surface area (Å²) in [7, 11) is 2.05. The third-order valence-corrected chi connectivity index (χ3v) is 5.79. The zero-order valence-electron chi connectivity index (χ0n) is 15.7. The van der Waals surface area contributed by atoms with Crippen molar-refractivity contribution in [2.45, 2.75) is 70.7 Å². The van der Waals surface area contributed by atoms with E-state index in [0.29, 0.717) is 0 Å². The smallest absolute Gasteiger partial charge is 0.109 e. The van der Waals surface area contributed by atoms with Crippen molar-refractivity contribution in [2.75, 3.05) is 19.6 Å². The van der Waals surface area contributed by atoms with Gasteiger partial charge >= 0.3 is 0 Å². The summed E-state index contributed by atoms with van der Waals surface area (Å²) in [5.74, 6) is 1.15. The van der Waals surface area contributed by atoms with Crippen molar-refractivity contribution in [3.8, 4) is 0 Å². The van der Waals surface area contributed by atoms with E-state index in [1.165, 1.54) is 0 Å². The normalized spacial score (nSPS) is 28.4. The van der Waals surface area contributed by atoms with Gasteiger partial charge in [-0.15, -0.1) is 0 Å². The van der Waals surface area contributed by atoms with Crippen molar-refractivity contribution in [1.82, 2.24) is 14.5 Å². The Bertz CT molecular complexity index is 541. The molecule has 136 valence electrons. The molecule has 0 amide bonds. The molecule has 1 aromatic heterocycles. The first-order chi connectivity index (χ1) is 11.3. The highest BCUT2D eigenvalue weighted by Gasteiger charge is 2.45. The van der Waals surface area contributed by atoms with Crippen LogP contribution in [0, 0.1) is 5.41 Å². The predicted octanol–water partition coefficient (Wildman–Crippen LogP) is 2.38. The largest absolute Gasteiger partial charge is 0.393 e. The number of hydrogen-bond acceptors (Lipinski definition) is 4.